The number of β-amino-alcohol motifs (C(OH)–C–C–N with tert-alkyl or cyclic N) is 1. The molecule has 0 spiro atoms. The van der Waals surface area contributed by atoms with Crippen molar-refractivity contribution in [3.8, 4) is 0 Å². The lowest BCUT2D eigenvalue weighted by Gasteiger charge is -2.43. The van der Waals surface area contributed by atoms with E-state index in [4.69, 9.17) is 9.47 Å². The molecule has 2 N–H and O–H groups in total. The number of aliphatic hydroxyl groups excluding tert-OH is 2. The number of barbiturate groups is 1. The van der Waals surface area contributed by atoms with Gasteiger partial charge in [0.2, 0.25) is 0 Å². The Labute approximate surface area is 225 Å². The van der Waals surface area contributed by atoms with E-state index in [9.17, 15) is 34.2 Å². The fraction of sp³-hybridized carbons (Fsp3) is 0.393. The summed E-state index contributed by atoms with van der Waals surface area (Å²) in [5.41, 5.74) is -1.13. The van der Waals surface area contributed by atoms with Crippen LogP contribution in [0.15, 0.2) is 54.6 Å². The van der Waals surface area contributed by atoms with Crippen LogP contribution in [0.5, 0.6) is 0 Å². The lowest BCUT2D eigenvalue weighted by Crippen LogP contribution is -2.67. The van der Waals surface area contributed by atoms with Gasteiger partial charge in [-0.3, -0.25) is 19.4 Å². The number of likely N-dealkylation sites (N-methyl/N-ethyl adjacent to an activating group) is 1. The number of aliphatic hydroxyl groups is 2. The molecule has 11 heteroatoms. The highest BCUT2D eigenvalue weighted by atomic mass is 16.5. The number of urea groups is 1. The lowest BCUT2D eigenvalue weighted by atomic mass is 9.74. The molecule has 39 heavy (non-hydrogen) atoms. The molecule has 0 aromatic heterocycles. The summed E-state index contributed by atoms with van der Waals surface area (Å²) >= 11 is 0. The second kappa shape index (κ2) is 12.6. The third kappa shape index (κ3) is 6.15. The Morgan fingerprint density at radius 3 is 1.95 bits per heavy atom. The van der Waals surface area contributed by atoms with E-state index in [1.165, 1.54) is 31.3 Å². The van der Waals surface area contributed by atoms with Gasteiger partial charge in [0.15, 0.2) is 5.41 Å². The van der Waals surface area contributed by atoms with Gasteiger partial charge in [0, 0.05) is 7.05 Å². The number of imide groups is 2. The highest BCUT2D eigenvalue weighted by Crippen LogP contribution is 2.36. The number of ether oxygens (including phenoxy) is 2. The van der Waals surface area contributed by atoms with Crippen LogP contribution in [0.3, 0.4) is 0 Å². The number of esters is 2. The molecule has 1 aliphatic rings. The maximum Gasteiger partial charge on any atom is 0.338 e. The Morgan fingerprint density at radius 1 is 0.846 bits per heavy atom. The van der Waals surface area contributed by atoms with Crippen LogP contribution >= 0.6 is 0 Å². The van der Waals surface area contributed by atoms with E-state index in [1.54, 1.807) is 44.2 Å². The van der Waals surface area contributed by atoms with Crippen LogP contribution in [0.4, 0.5) is 4.79 Å². The molecule has 3 rings (SSSR count). The van der Waals surface area contributed by atoms with Crippen molar-refractivity contribution < 1.29 is 43.7 Å². The molecular formula is C28H32N2O9. The maximum atomic E-state index is 13.5. The molecule has 3 unspecified atom stereocenters. The van der Waals surface area contributed by atoms with Crippen LogP contribution < -0.4 is 0 Å². The van der Waals surface area contributed by atoms with Gasteiger partial charge < -0.3 is 19.7 Å². The number of benzene rings is 2. The minimum atomic E-state index is -1.64. The summed E-state index contributed by atoms with van der Waals surface area (Å²) in [6.45, 7) is 2.15. The lowest BCUT2D eigenvalue weighted by molar-refractivity contribution is -0.152. The summed E-state index contributed by atoms with van der Waals surface area (Å²) < 4.78 is 10.2. The Balaban J connectivity index is 1.68. The first-order valence-corrected chi connectivity index (χ1v) is 12.6. The van der Waals surface area contributed by atoms with Crippen molar-refractivity contribution in [2.75, 3.05) is 26.8 Å². The van der Waals surface area contributed by atoms with Crippen molar-refractivity contribution in [3.63, 3.8) is 0 Å². The average molecular weight is 541 g/mol. The van der Waals surface area contributed by atoms with Crippen molar-refractivity contribution in [1.29, 1.82) is 0 Å². The first kappa shape index (κ1) is 29.5. The highest BCUT2D eigenvalue weighted by molar-refractivity contribution is 6.22. The number of hydrogen-bond donors (Lipinski definition) is 2. The van der Waals surface area contributed by atoms with E-state index >= 15 is 0 Å². The molecule has 4 amide bonds. The van der Waals surface area contributed by atoms with Gasteiger partial charge in [-0.2, -0.15) is 0 Å². The molecule has 11 nitrogen and oxygen atoms in total. The van der Waals surface area contributed by atoms with E-state index in [0.29, 0.717) is 12.0 Å². The fourth-order valence-corrected chi connectivity index (χ4v) is 4.27. The molecule has 1 fully saturated rings. The molecule has 208 valence electrons. The summed E-state index contributed by atoms with van der Waals surface area (Å²) in [7, 11) is 1.27. The molecule has 2 aromatic rings. The molecule has 1 heterocycles. The Bertz CT molecular complexity index is 1230. The molecule has 0 saturated carbocycles. The van der Waals surface area contributed by atoms with Gasteiger partial charge in [-0.25, -0.2) is 14.4 Å². The Hall–Kier alpha value is -4.09. The molecule has 0 aliphatic carbocycles. The van der Waals surface area contributed by atoms with Crippen molar-refractivity contribution >= 4 is 29.8 Å². The van der Waals surface area contributed by atoms with Crippen molar-refractivity contribution in [2.45, 2.75) is 44.3 Å². The van der Waals surface area contributed by atoms with Crippen LogP contribution in [0.2, 0.25) is 0 Å². The zero-order chi connectivity index (χ0) is 28.7. The van der Waals surface area contributed by atoms with E-state index in [-0.39, 0.29) is 24.2 Å². The number of amides is 4. The third-order valence-corrected chi connectivity index (χ3v) is 6.61. The quantitative estimate of drug-likeness (QED) is 0.322. The summed E-state index contributed by atoms with van der Waals surface area (Å²) in [5, 5.41) is 20.1. The fourth-order valence-electron chi connectivity index (χ4n) is 4.27. The third-order valence-electron chi connectivity index (χ3n) is 6.61. The van der Waals surface area contributed by atoms with Crippen molar-refractivity contribution in [2.24, 2.45) is 0 Å². The van der Waals surface area contributed by atoms with Crippen LogP contribution in [0.1, 0.15) is 53.0 Å². The molecule has 2 aromatic carbocycles. The predicted molar refractivity (Wildman–Crippen MR) is 138 cm³/mol. The van der Waals surface area contributed by atoms with Crippen LogP contribution in [-0.4, -0.2) is 88.8 Å². The summed E-state index contributed by atoms with van der Waals surface area (Å²) in [6, 6.07) is 13.0. The van der Waals surface area contributed by atoms with Crippen LogP contribution in [-0.2, 0) is 24.5 Å². The highest BCUT2D eigenvalue weighted by Gasteiger charge is 2.56. The smallest absolute Gasteiger partial charge is 0.338 e. The van der Waals surface area contributed by atoms with Crippen LogP contribution in [0.25, 0.3) is 0 Å². The van der Waals surface area contributed by atoms with Gasteiger partial charge in [0.25, 0.3) is 11.8 Å². The first-order chi connectivity index (χ1) is 18.6. The standard InChI is InChI=1S/C28H32N2O9/c1-4-21(31)16-38-23(33)18-10-9-11-19(14-18)24(34)39-17-22(32)15-30-26(36)28(5-2,20-12-7-6-8-13-20)25(35)29(3)27(30)37/h6-14,21-22,31-32H,4-5,15-17H2,1-3H3. The molecule has 0 bridgehead atoms. The Kier molecular flexibility index (Phi) is 9.55. The van der Waals surface area contributed by atoms with Gasteiger partial charge in [-0.1, -0.05) is 50.2 Å². The SMILES string of the molecule is CCC(O)COC(=O)c1cccc(C(=O)OCC(O)CN2C(=O)N(C)C(=O)C(CC)(c3ccccc3)C2=O)c1. The Morgan fingerprint density at radius 2 is 1.41 bits per heavy atom. The topological polar surface area (TPSA) is 151 Å². The number of nitrogens with zero attached hydrogens (tertiary/aromatic N) is 2. The minimum Gasteiger partial charge on any atom is -0.459 e. The normalized spacial score (nSPS) is 19.1. The van der Waals surface area contributed by atoms with Gasteiger partial charge in [0.1, 0.15) is 19.3 Å². The van der Waals surface area contributed by atoms with E-state index < -0.39 is 60.6 Å². The maximum absolute atomic E-state index is 13.5. The van der Waals surface area contributed by atoms with Crippen molar-refractivity contribution in [1.82, 2.24) is 9.80 Å². The van der Waals surface area contributed by atoms with Gasteiger partial charge in [-0.15, -0.1) is 0 Å². The van der Waals surface area contributed by atoms with Crippen molar-refractivity contribution in [3.05, 3.63) is 71.3 Å². The molecular weight excluding hydrogens is 508 g/mol. The average Bonchev–Trinajstić information content (AvgIpc) is 2.96. The van der Waals surface area contributed by atoms with E-state index in [2.05, 4.69) is 0 Å². The monoisotopic (exact) mass is 540 g/mol. The zero-order valence-corrected chi connectivity index (χ0v) is 22.0. The molecule has 1 saturated heterocycles. The van der Waals surface area contributed by atoms with Gasteiger partial charge in [0.05, 0.1) is 23.8 Å². The van der Waals surface area contributed by atoms with E-state index in [0.717, 1.165) is 9.80 Å². The largest absolute Gasteiger partial charge is 0.459 e. The van der Waals surface area contributed by atoms with Gasteiger partial charge >= 0.3 is 18.0 Å². The molecule has 0 radical (unpaired) electrons. The molecule has 3 atom stereocenters. The summed E-state index contributed by atoms with van der Waals surface area (Å²) in [6.07, 6.45) is -1.74. The van der Waals surface area contributed by atoms with Crippen LogP contribution in [0, 0.1) is 0 Å². The second-order valence-corrected chi connectivity index (χ2v) is 9.18. The summed E-state index contributed by atoms with van der Waals surface area (Å²) in [5.74, 6) is -3.01. The zero-order valence-electron chi connectivity index (χ0n) is 22.0. The van der Waals surface area contributed by atoms with Gasteiger partial charge in [-0.05, 0) is 36.6 Å². The number of carbonyl (C=O) groups is 5. The predicted octanol–water partition coefficient (Wildman–Crippen LogP) is 1.90. The first-order valence-electron chi connectivity index (χ1n) is 12.6. The second-order valence-electron chi connectivity index (χ2n) is 9.18. The van der Waals surface area contributed by atoms with E-state index in [1.807, 2.05) is 0 Å². The number of rotatable bonds is 11. The minimum absolute atomic E-state index is 0.0113. The summed E-state index contributed by atoms with van der Waals surface area (Å²) in [4.78, 5) is 65.9. The number of carbonyl (C=O) groups excluding carboxylic acids is 5. The molecule has 1 aliphatic heterocycles. The number of hydrogen-bond acceptors (Lipinski definition) is 9.